The molecule has 8 heteroatoms. The van der Waals surface area contributed by atoms with Gasteiger partial charge in [0.25, 0.3) is 5.91 Å². The van der Waals surface area contributed by atoms with E-state index in [1.807, 2.05) is 0 Å². The maximum Gasteiger partial charge on any atom is 0.306 e. The lowest BCUT2D eigenvalue weighted by molar-refractivity contribution is -0.147. The molecule has 1 aromatic rings. The molecule has 2 rings (SSSR count). The first-order valence-corrected chi connectivity index (χ1v) is 8.60. The minimum Gasteiger partial charge on any atom is -0.497 e. The molecule has 1 aliphatic heterocycles. The van der Waals surface area contributed by atoms with E-state index < -0.39 is 34.2 Å². The minimum absolute atomic E-state index is 0.0639. The van der Waals surface area contributed by atoms with Gasteiger partial charge in [0.1, 0.15) is 5.75 Å². The average Bonchev–Trinajstić information content (AvgIpc) is 2.85. The number of allylic oxidation sites excluding steroid dienone is 1. The van der Waals surface area contributed by atoms with Crippen LogP contribution in [0, 0.1) is 5.92 Å². The second-order valence-electron chi connectivity index (χ2n) is 5.06. The zero-order valence-electron chi connectivity index (χ0n) is 12.5. The quantitative estimate of drug-likeness (QED) is 0.780. The van der Waals surface area contributed by atoms with Crippen molar-refractivity contribution >= 4 is 27.4 Å². The first-order valence-electron chi connectivity index (χ1n) is 6.88. The van der Waals surface area contributed by atoms with Crippen molar-refractivity contribution in [3.63, 3.8) is 0 Å². The van der Waals surface area contributed by atoms with Crippen molar-refractivity contribution in [1.82, 2.24) is 0 Å². The molecule has 0 saturated carbocycles. The van der Waals surface area contributed by atoms with Crippen molar-refractivity contribution in [3.8, 4) is 5.75 Å². The van der Waals surface area contributed by atoms with Gasteiger partial charge in [0.05, 0.1) is 19.3 Å². The Bertz CT molecular complexity index is 708. The SMILES string of the molecule is COc1ccc(NC(=O)COC(=O)CC2C=CS(=O)(=O)C2)cc1. The fourth-order valence-electron chi connectivity index (χ4n) is 2.06. The van der Waals surface area contributed by atoms with Crippen LogP contribution in [0.2, 0.25) is 0 Å². The van der Waals surface area contributed by atoms with E-state index in [9.17, 15) is 18.0 Å². The van der Waals surface area contributed by atoms with Gasteiger partial charge in [-0.1, -0.05) is 6.08 Å². The van der Waals surface area contributed by atoms with Crippen LogP contribution >= 0.6 is 0 Å². The Kier molecular flexibility index (Phi) is 5.38. The Hall–Kier alpha value is -2.35. The normalized spacial score (nSPS) is 18.4. The fourth-order valence-corrected chi connectivity index (χ4v) is 3.46. The minimum atomic E-state index is -3.20. The van der Waals surface area contributed by atoms with Crippen LogP contribution in [0.25, 0.3) is 0 Å². The highest BCUT2D eigenvalue weighted by molar-refractivity contribution is 7.94. The summed E-state index contributed by atoms with van der Waals surface area (Å²) in [6, 6.07) is 6.70. The van der Waals surface area contributed by atoms with Gasteiger partial charge in [-0.15, -0.1) is 0 Å². The number of ether oxygens (including phenoxy) is 2. The van der Waals surface area contributed by atoms with Gasteiger partial charge in [-0.05, 0) is 24.3 Å². The van der Waals surface area contributed by atoms with Crippen LogP contribution in [0.1, 0.15) is 6.42 Å². The van der Waals surface area contributed by atoms with Crippen LogP contribution in [-0.4, -0.2) is 39.8 Å². The molecule has 7 nitrogen and oxygen atoms in total. The van der Waals surface area contributed by atoms with E-state index in [0.717, 1.165) is 5.41 Å². The first-order chi connectivity index (χ1) is 10.9. The van der Waals surface area contributed by atoms with Gasteiger partial charge in [0.2, 0.25) is 0 Å². The maximum absolute atomic E-state index is 11.7. The standard InChI is InChI=1S/C15H17NO6S/c1-21-13-4-2-12(3-5-13)16-14(17)9-22-15(18)8-11-6-7-23(19,20)10-11/h2-7,11H,8-10H2,1H3,(H,16,17). The zero-order chi connectivity index (χ0) is 16.9. The highest BCUT2D eigenvalue weighted by atomic mass is 32.2. The van der Waals surface area contributed by atoms with Gasteiger partial charge in [0, 0.05) is 17.0 Å². The molecule has 124 valence electrons. The average molecular weight is 339 g/mol. The van der Waals surface area contributed by atoms with Gasteiger partial charge in [-0.3, -0.25) is 9.59 Å². The smallest absolute Gasteiger partial charge is 0.306 e. The third kappa shape index (κ3) is 5.41. The topological polar surface area (TPSA) is 98.8 Å². The molecule has 0 saturated heterocycles. The number of hydrogen-bond acceptors (Lipinski definition) is 6. The molecule has 1 atom stereocenters. The Morgan fingerprint density at radius 2 is 1.96 bits per heavy atom. The molecule has 0 spiro atoms. The number of methoxy groups -OCH3 is 1. The highest BCUT2D eigenvalue weighted by Crippen LogP contribution is 2.18. The second-order valence-corrected chi connectivity index (χ2v) is 6.99. The number of nitrogens with one attached hydrogen (secondary N) is 1. The summed E-state index contributed by atoms with van der Waals surface area (Å²) in [5, 5.41) is 3.67. The van der Waals surface area contributed by atoms with Crippen LogP contribution in [0.15, 0.2) is 35.7 Å². The first kappa shape index (κ1) is 17.0. The number of hydrogen-bond donors (Lipinski definition) is 1. The molecule has 0 aromatic heterocycles. The van der Waals surface area contributed by atoms with Crippen LogP contribution in [-0.2, 0) is 24.2 Å². The molecule has 1 unspecified atom stereocenters. The number of benzene rings is 1. The number of anilines is 1. The predicted octanol–water partition coefficient (Wildman–Crippen LogP) is 1.13. The van der Waals surface area contributed by atoms with Crippen molar-refractivity contribution in [2.24, 2.45) is 5.92 Å². The maximum atomic E-state index is 11.7. The third-order valence-electron chi connectivity index (χ3n) is 3.17. The molecule has 0 aliphatic carbocycles. The molecule has 0 fully saturated rings. The van der Waals surface area contributed by atoms with E-state index in [0.29, 0.717) is 11.4 Å². The van der Waals surface area contributed by atoms with E-state index in [2.05, 4.69) is 5.32 Å². The molecule has 0 bridgehead atoms. The molecular formula is C15H17NO6S. The van der Waals surface area contributed by atoms with Crippen molar-refractivity contribution in [3.05, 3.63) is 35.7 Å². The van der Waals surface area contributed by atoms with Gasteiger partial charge in [0.15, 0.2) is 16.4 Å². The molecular weight excluding hydrogens is 322 g/mol. The largest absolute Gasteiger partial charge is 0.497 e. The number of carbonyl (C=O) groups is 2. The lowest BCUT2D eigenvalue weighted by atomic mass is 10.1. The van der Waals surface area contributed by atoms with Crippen LogP contribution < -0.4 is 10.1 Å². The Morgan fingerprint density at radius 1 is 1.26 bits per heavy atom. The summed E-state index contributed by atoms with van der Waals surface area (Å²) in [6.07, 6.45) is 1.40. The lowest BCUT2D eigenvalue weighted by Gasteiger charge is -2.09. The second kappa shape index (κ2) is 7.28. The molecule has 0 radical (unpaired) electrons. The highest BCUT2D eigenvalue weighted by Gasteiger charge is 2.24. The Labute approximate surface area is 134 Å². The van der Waals surface area contributed by atoms with E-state index in [1.165, 1.54) is 13.2 Å². The summed E-state index contributed by atoms with van der Waals surface area (Å²) in [4.78, 5) is 23.3. The number of rotatable bonds is 6. The number of amides is 1. The summed E-state index contributed by atoms with van der Waals surface area (Å²) in [5.74, 6) is -0.911. The summed E-state index contributed by atoms with van der Waals surface area (Å²) in [5.41, 5.74) is 0.552. The summed E-state index contributed by atoms with van der Waals surface area (Å²) >= 11 is 0. The van der Waals surface area contributed by atoms with Crippen molar-refractivity contribution in [1.29, 1.82) is 0 Å². The summed E-state index contributed by atoms with van der Waals surface area (Å²) in [6.45, 7) is -0.423. The third-order valence-corrected chi connectivity index (χ3v) is 4.64. The monoisotopic (exact) mass is 339 g/mol. The van der Waals surface area contributed by atoms with E-state index in [-0.39, 0.29) is 12.2 Å². The number of esters is 1. The van der Waals surface area contributed by atoms with Crippen LogP contribution in [0.4, 0.5) is 5.69 Å². The molecule has 1 amide bonds. The van der Waals surface area contributed by atoms with Gasteiger partial charge in [-0.25, -0.2) is 8.42 Å². The van der Waals surface area contributed by atoms with Gasteiger partial charge < -0.3 is 14.8 Å². The molecule has 1 aromatic carbocycles. The molecule has 1 aliphatic rings. The summed E-state index contributed by atoms with van der Waals surface area (Å²) in [7, 11) is -1.66. The lowest BCUT2D eigenvalue weighted by Crippen LogP contribution is -2.22. The fraction of sp³-hybridized carbons (Fsp3) is 0.333. The van der Waals surface area contributed by atoms with Crippen molar-refractivity contribution in [2.75, 3.05) is 24.8 Å². The van der Waals surface area contributed by atoms with E-state index in [4.69, 9.17) is 9.47 Å². The van der Waals surface area contributed by atoms with Gasteiger partial charge >= 0.3 is 5.97 Å². The molecule has 1 heterocycles. The molecule has 1 N–H and O–H groups in total. The zero-order valence-corrected chi connectivity index (χ0v) is 13.3. The summed E-state index contributed by atoms with van der Waals surface area (Å²) < 4.78 is 32.3. The van der Waals surface area contributed by atoms with Crippen molar-refractivity contribution in [2.45, 2.75) is 6.42 Å². The Morgan fingerprint density at radius 3 is 2.52 bits per heavy atom. The van der Waals surface area contributed by atoms with Crippen molar-refractivity contribution < 1.29 is 27.5 Å². The van der Waals surface area contributed by atoms with E-state index >= 15 is 0 Å². The van der Waals surface area contributed by atoms with Crippen LogP contribution in [0.3, 0.4) is 0 Å². The Balaban J connectivity index is 1.73. The number of sulfone groups is 1. The van der Waals surface area contributed by atoms with Crippen LogP contribution in [0.5, 0.6) is 5.75 Å². The number of carbonyl (C=O) groups excluding carboxylic acids is 2. The van der Waals surface area contributed by atoms with E-state index in [1.54, 1.807) is 24.3 Å². The predicted molar refractivity (Wildman–Crippen MR) is 83.6 cm³/mol. The molecule has 23 heavy (non-hydrogen) atoms. The van der Waals surface area contributed by atoms with Gasteiger partial charge in [-0.2, -0.15) is 0 Å².